The number of amides is 1. The lowest BCUT2D eigenvalue weighted by Crippen LogP contribution is -2.20. The van der Waals surface area contributed by atoms with Crippen molar-refractivity contribution in [1.82, 2.24) is 10.3 Å². The summed E-state index contributed by atoms with van der Waals surface area (Å²) in [6, 6.07) is 18.6. The number of fused-ring (bicyclic) bond motifs is 1. The number of carbonyl (C=O) groups is 1. The maximum atomic E-state index is 12.2. The number of rotatable bonds is 6. The smallest absolute Gasteiger partial charge is 0.244 e. The van der Waals surface area contributed by atoms with Crippen LogP contribution in [0.4, 0.5) is 0 Å². The topological polar surface area (TPSA) is 64.4 Å². The van der Waals surface area contributed by atoms with Gasteiger partial charge in [0.2, 0.25) is 11.8 Å². The highest BCUT2D eigenvalue weighted by molar-refractivity contribution is 6.36. The number of methoxy groups -OCH3 is 1. The normalized spacial score (nSPS) is 11.2. The minimum Gasteiger partial charge on any atom is -0.495 e. The minimum absolute atomic E-state index is 0.249. The molecule has 4 rings (SSSR count). The van der Waals surface area contributed by atoms with Crippen molar-refractivity contribution in [3.05, 3.63) is 87.9 Å². The highest BCUT2D eigenvalue weighted by atomic mass is 35.5. The summed E-state index contributed by atoms with van der Waals surface area (Å²) in [5, 5.41) is 3.69. The van der Waals surface area contributed by atoms with Gasteiger partial charge in [0.1, 0.15) is 11.3 Å². The molecule has 0 aliphatic heterocycles. The van der Waals surface area contributed by atoms with Gasteiger partial charge in [0.15, 0.2) is 5.58 Å². The number of nitrogens with one attached hydrogen (secondary N) is 1. The summed E-state index contributed by atoms with van der Waals surface area (Å²) >= 11 is 12.1. The van der Waals surface area contributed by atoms with E-state index in [0.717, 1.165) is 22.2 Å². The molecule has 0 unspecified atom stereocenters. The van der Waals surface area contributed by atoms with Crippen LogP contribution in [0.1, 0.15) is 11.1 Å². The molecule has 3 aromatic carbocycles. The summed E-state index contributed by atoms with van der Waals surface area (Å²) in [7, 11) is 1.51. The third kappa shape index (κ3) is 4.90. The molecule has 0 aliphatic carbocycles. The molecular weight excluding hydrogens is 435 g/mol. The molecule has 0 saturated carbocycles. The Balaban J connectivity index is 1.39. The van der Waals surface area contributed by atoms with Gasteiger partial charge < -0.3 is 14.5 Å². The number of nitrogens with zero attached hydrogens (tertiary/aromatic N) is 1. The molecule has 0 fully saturated rings. The van der Waals surface area contributed by atoms with E-state index in [1.807, 2.05) is 48.5 Å². The number of hydrogen-bond donors (Lipinski definition) is 1. The quantitative estimate of drug-likeness (QED) is 0.356. The van der Waals surface area contributed by atoms with Crippen molar-refractivity contribution in [2.45, 2.75) is 6.54 Å². The Morgan fingerprint density at radius 1 is 1.13 bits per heavy atom. The highest BCUT2D eigenvalue weighted by Gasteiger charge is 2.09. The van der Waals surface area contributed by atoms with E-state index in [0.29, 0.717) is 33.8 Å². The van der Waals surface area contributed by atoms with E-state index in [2.05, 4.69) is 10.3 Å². The number of oxazole rings is 1. The third-order valence-electron chi connectivity index (χ3n) is 4.62. The van der Waals surface area contributed by atoms with Crippen LogP contribution in [0, 0.1) is 0 Å². The van der Waals surface area contributed by atoms with Crippen LogP contribution in [0.2, 0.25) is 10.0 Å². The average Bonchev–Trinajstić information content (AvgIpc) is 3.20. The van der Waals surface area contributed by atoms with Crippen LogP contribution in [0.3, 0.4) is 0 Å². The molecule has 0 atom stereocenters. The van der Waals surface area contributed by atoms with E-state index in [1.54, 1.807) is 18.2 Å². The SMILES string of the molecule is COc1c(Cl)cc(Cl)cc1/C=C/C(=O)NCc1ccc(-c2nc3ccccc3o2)cc1. The first kappa shape index (κ1) is 21.0. The summed E-state index contributed by atoms with van der Waals surface area (Å²) in [6.07, 6.45) is 3.03. The molecule has 0 aliphatic rings. The number of ether oxygens (including phenoxy) is 1. The first-order chi connectivity index (χ1) is 15.0. The van der Waals surface area contributed by atoms with Gasteiger partial charge in [-0.1, -0.05) is 47.5 Å². The molecule has 7 heteroatoms. The van der Waals surface area contributed by atoms with Gasteiger partial charge in [-0.15, -0.1) is 0 Å². The average molecular weight is 453 g/mol. The molecule has 0 saturated heterocycles. The second-order valence-corrected chi connectivity index (χ2v) is 7.59. The molecule has 1 amide bonds. The fraction of sp³-hybridized carbons (Fsp3) is 0.0833. The van der Waals surface area contributed by atoms with E-state index >= 15 is 0 Å². The van der Waals surface area contributed by atoms with Gasteiger partial charge in [-0.05, 0) is 48.0 Å². The van der Waals surface area contributed by atoms with Crippen molar-refractivity contribution in [3.8, 4) is 17.2 Å². The van der Waals surface area contributed by atoms with Gasteiger partial charge in [-0.2, -0.15) is 0 Å². The zero-order valence-corrected chi connectivity index (χ0v) is 18.1. The Labute approximate surface area is 189 Å². The van der Waals surface area contributed by atoms with Gasteiger partial charge >= 0.3 is 0 Å². The zero-order chi connectivity index (χ0) is 21.8. The largest absolute Gasteiger partial charge is 0.495 e. The number of aromatic nitrogens is 1. The third-order valence-corrected chi connectivity index (χ3v) is 5.12. The summed E-state index contributed by atoms with van der Waals surface area (Å²) in [6.45, 7) is 0.379. The number of para-hydroxylation sites is 2. The van der Waals surface area contributed by atoms with E-state index in [-0.39, 0.29) is 5.91 Å². The van der Waals surface area contributed by atoms with Gasteiger partial charge in [-0.3, -0.25) is 4.79 Å². The molecule has 0 bridgehead atoms. The maximum Gasteiger partial charge on any atom is 0.244 e. The van der Waals surface area contributed by atoms with Crippen LogP contribution >= 0.6 is 23.2 Å². The second kappa shape index (κ2) is 9.25. The van der Waals surface area contributed by atoms with Crippen LogP contribution in [-0.2, 0) is 11.3 Å². The van der Waals surface area contributed by atoms with Crippen molar-refractivity contribution < 1.29 is 13.9 Å². The van der Waals surface area contributed by atoms with Crippen LogP contribution in [0.15, 0.2) is 71.2 Å². The number of carbonyl (C=O) groups excluding carboxylic acids is 1. The first-order valence-corrected chi connectivity index (χ1v) is 10.2. The Hall–Kier alpha value is -3.28. The lowest BCUT2D eigenvalue weighted by molar-refractivity contribution is -0.116. The minimum atomic E-state index is -0.249. The standard InChI is InChI=1S/C24H18Cl2N2O3/c1-30-23-17(12-18(25)13-19(23)26)10-11-22(29)27-14-15-6-8-16(9-7-15)24-28-20-4-2-3-5-21(20)31-24/h2-13H,14H2,1H3,(H,27,29)/b11-10+. The summed E-state index contributed by atoms with van der Waals surface area (Å²) in [5.41, 5.74) is 4.01. The van der Waals surface area contributed by atoms with Crippen LogP contribution in [-0.4, -0.2) is 18.0 Å². The Morgan fingerprint density at radius 3 is 2.65 bits per heavy atom. The fourth-order valence-corrected chi connectivity index (χ4v) is 3.68. The number of hydrogen-bond acceptors (Lipinski definition) is 4. The van der Waals surface area contributed by atoms with Crippen molar-refractivity contribution >= 4 is 46.3 Å². The molecule has 0 spiro atoms. The van der Waals surface area contributed by atoms with E-state index in [9.17, 15) is 4.79 Å². The van der Waals surface area contributed by atoms with Crippen LogP contribution < -0.4 is 10.1 Å². The molecule has 5 nitrogen and oxygen atoms in total. The van der Waals surface area contributed by atoms with Gasteiger partial charge in [0.25, 0.3) is 0 Å². The van der Waals surface area contributed by atoms with Crippen LogP contribution in [0.5, 0.6) is 5.75 Å². The molecular formula is C24H18Cl2N2O3. The summed E-state index contributed by atoms with van der Waals surface area (Å²) < 4.78 is 11.1. The van der Waals surface area contributed by atoms with Crippen molar-refractivity contribution in [1.29, 1.82) is 0 Å². The van der Waals surface area contributed by atoms with Gasteiger partial charge in [0.05, 0.1) is 12.1 Å². The zero-order valence-electron chi connectivity index (χ0n) is 16.6. The summed E-state index contributed by atoms with van der Waals surface area (Å²) in [4.78, 5) is 16.7. The Morgan fingerprint density at radius 2 is 1.90 bits per heavy atom. The lowest BCUT2D eigenvalue weighted by atomic mass is 10.1. The lowest BCUT2D eigenvalue weighted by Gasteiger charge is -2.08. The van der Waals surface area contributed by atoms with Crippen molar-refractivity contribution in [2.24, 2.45) is 0 Å². The van der Waals surface area contributed by atoms with Crippen molar-refractivity contribution in [2.75, 3.05) is 7.11 Å². The fourth-order valence-electron chi connectivity index (χ4n) is 3.09. The van der Waals surface area contributed by atoms with Gasteiger partial charge in [-0.25, -0.2) is 4.98 Å². The molecule has 156 valence electrons. The predicted octanol–water partition coefficient (Wildman–Crippen LogP) is 6.14. The van der Waals surface area contributed by atoms with Gasteiger partial charge in [0, 0.05) is 28.8 Å². The maximum absolute atomic E-state index is 12.2. The molecule has 4 aromatic rings. The second-order valence-electron chi connectivity index (χ2n) is 6.74. The first-order valence-electron chi connectivity index (χ1n) is 9.47. The molecule has 1 aromatic heterocycles. The summed E-state index contributed by atoms with van der Waals surface area (Å²) in [5.74, 6) is 0.778. The predicted molar refractivity (Wildman–Crippen MR) is 123 cm³/mol. The number of benzene rings is 3. The molecule has 0 radical (unpaired) electrons. The Kier molecular flexibility index (Phi) is 6.26. The van der Waals surface area contributed by atoms with Crippen molar-refractivity contribution in [3.63, 3.8) is 0 Å². The number of halogens is 2. The molecule has 1 N–H and O–H groups in total. The molecule has 1 heterocycles. The monoisotopic (exact) mass is 452 g/mol. The molecule has 31 heavy (non-hydrogen) atoms. The van der Waals surface area contributed by atoms with Crippen LogP contribution in [0.25, 0.3) is 28.6 Å². The van der Waals surface area contributed by atoms with E-state index < -0.39 is 0 Å². The highest BCUT2D eigenvalue weighted by Crippen LogP contribution is 2.33. The Bertz CT molecular complexity index is 1230. The van der Waals surface area contributed by atoms with E-state index in [4.69, 9.17) is 32.4 Å². The van der Waals surface area contributed by atoms with E-state index in [1.165, 1.54) is 13.2 Å².